The number of carbonyl (C=O) groups is 1. The van der Waals surface area contributed by atoms with Crippen LogP contribution in [0.25, 0.3) is 0 Å². The maximum atomic E-state index is 12.9. The highest BCUT2D eigenvalue weighted by atomic mass is 16.7. The van der Waals surface area contributed by atoms with Crippen molar-refractivity contribution in [2.75, 3.05) is 6.61 Å². The number of aliphatic carboxylic acids is 1. The van der Waals surface area contributed by atoms with Crippen LogP contribution in [0.15, 0.2) is 23.3 Å². The zero-order valence-corrected chi connectivity index (χ0v) is 29.4. The van der Waals surface area contributed by atoms with E-state index in [4.69, 9.17) is 9.47 Å². The van der Waals surface area contributed by atoms with Crippen LogP contribution >= 0.6 is 0 Å². The van der Waals surface area contributed by atoms with E-state index in [1.54, 1.807) is 0 Å². The van der Waals surface area contributed by atoms with Gasteiger partial charge in [0, 0.05) is 5.41 Å². The molecule has 3 fully saturated rings. The van der Waals surface area contributed by atoms with E-state index in [0.717, 1.165) is 17.6 Å². The summed E-state index contributed by atoms with van der Waals surface area (Å²) in [5.74, 6) is -1.62. The van der Waals surface area contributed by atoms with Gasteiger partial charge in [0.1, 0.15) is 24.4 Å². The van der Waals surface area contributed by atoms with Gasteiger partial charge in [-0.15, -0.1) is 0 Å². The Morgan fingerprint density at radius 2 is 1.64 bits per heavy atom. The molecular formula is C37H60O10. The van der Waals surface area contributed by atoms with Crippen LogP contribution in [-0.2, 0) is 14.3 Å². The number of fused-ring (bicyclic) bond motifs is 4. The molecule has 10 heteroatoms. The number of hydrogen-bond acceptors (Lipinski definition) is 9. The van der Waals surface area contributed by atoms with Crippen molar-refractivity contribution in [2.45, 2.75) is 149 Å². The quantitative estimate of drug-likeness (QED) is 0.180. The molecule has 268 valence electrons. The van der Waals surface area contributed by atoms with Gasteiger partial charge in [-0.1, -0.05) is 66.2 Å². The summed E-state index contributed by atoms with van der Waals surface area (Å²) in [7, 11) is 0. The Morgan fingerprint density at radius 3 is 2.23 bits per heavy atom. The number of rotatable bonds is 9. The zero-order valence-electron chi connectivity index (χ0n) is 29.4. The van der Waals surface area contributed by atoms with Crippen molar-refractivity contribution < 1.29 is 50.0 Å². The third-order valence-corrected chi connectivity index (χ3v) is 14.4. The largest absolute Gasteiger partial charge is 0.481 e. The molecule has 0 radical (unpaired) electrons. The number of carboxylic acids is 1. The Balaban J connectivity index is 1.61. The van der Waals surface area contributed by atoms with Gasteiger partial charge in [0.25, 0.3) is 0 Å². The summed E-state index contributed by atoms with van der Waals surface area (Å²) in [6.07, 6.45) is -4.74. The molecule has 1 saturated heterocycles. The van der Waals surface area contributed by atoms with E-state index in [-0.39, 0.29) is 23.2 Å². The van der Waals surface area contributed by atoms with Crippen molar-refractivity contribution in [2.24, 2.45) is 45.3 Å². The Morgan fingerprint density at radius 1 is 0.979 bits per heavy atom. The van der Waals surface area contributed by atoms with Gasteiger partial charge in [0.15, 0.2) is 6.29 Å². The van der Waals surface area contributed by atoms with E-state index in [0.29, 0.717) is 44.9 Å². The molecule has 10 nitrogen and oxygen atoms in total. The molecule has 4 aliphatic carbocycles. The Hall–Kier alpha value is -1.37. The molecule has 1 heterocycles. The first-order valence-corrected chi connectivity index (χ1v) is 17.7. The van der Waals surface area contributed by atoms with Crippen LogP contribution in [0.5, 0.6) is 0 Å². The van der Waals surface area contributed by atoms with E-state index in [1.807, 2.05) is 6.92 Å². The van der Waals surface area contributed by atoms with Gasteiger partial charge in [0.2, 0.25) is 0 Å². The fraction of sp³-hybridized carbons (Fsp3) is 0.865. The van der Waals surface area contributed by atoms with Gasteiger partial charge in [-0.2, -0.15) is 0 Å². The number of aliphatic hydroxyl groups is 6. The molecule has 0 amide bonds. The summed E-state index contributed by atoms with van der Waals surface area (Å²) in [6, 6.07) is 0. The Kier molecular flexibility index (Phi) is 10.0. The molecule has 47 heavy (non-hydrogen) atoms. The minimum absolute atomic E-state index is 0.0245. The summed E-state index contributed by atoms with van der Waals surface area (Å²) in [6.45, 7) is 18.3. The minimum Gasteiger partial charge on any atom is -0.481 e. The average molecular weight is 665 g/mol. The van der Waals surface area contributed by atoms with E-state index in [2.05, 4.69) is 48.1 Å². The Labute approximate surface area is 279 Å². The topological polar surface area (TPSA) is 177 Å². The maximum Gasteiger partial charge on any atom is 0.306 e. The van der Waals surface area contributed by atoms with Crippen molar-refractivity contribution in [1.82, 2.24) is 0 Å². The van der Waals surface area contributed by atoms with Crippen molar-refractivity contribution in [3.05, 3.63) is 23.3 Å². The molecule has 0 spiro atoms. The van der Waals surface area contributed by atoms with Gasteiger partial charge >= 0.3 is 5.97 Å². The zero-order chi connectivity index (χ0) is 35.0. The lowest BCUT2D eigenvalue weighted by molar-refractivity contribution is -0.313. The lowest BCUT2D eigenvalue weighted by atomic mass is 9.42. The molecule has 0 aromatic carbocycles. The molecule has 1 aliphatic heterocycles. The lowest BCUT2D eigenvalue weighted by Gasteiger charge is -2.64. The molecule has 5 rings (SSSR count). The fourth-order valence-electron chi connectivity index (χ4n) is 10.9. The van der Waals surface area contributed by atoms with Crippen LogP contribution < -0.4 is 0 Å². The van der Waals surface area contributed by atoms with Crippen LogP contribution in [0.2, 0.25) is 0 Å². The van der Waals surface area contributed by atoms with Crippen molar-refractivity contribution in [1.29, 1.82) is 0 Å². The minimum atomic E-state index is -1.60. The number of aliphatic hydroxyl groups excluding tert-OH is 6. The second kappa shape index (κ2) is 12.7. The summed E-state index contributed by atoms with van der Waals surface area (Å²) in [5.41, 5.74) is 0.837. The summed E-state index contributed by atoms with van der Waals surface area (Å²) >= 11 is 0. The van der Waals surface area contributed by atoms with Crippen LogP contribution in [0.4, 0.5) is 0 Å². The molecule has 2 saturated carbocycles. The highest BCUT2D eigenvalue weighted by Gasteiger charge is 2.69. The van der Waals surface area contributed by atoms with Crippen LogP contribution in [0.3, 0.4) is 0 Å². The highest BCUT2D eigenvalue weighted by molar-refractivity contribution is 5.71. The van der Waals surface area contributed by atoms with Crippen LogP contribution in [0, 0.1) is 45.3 Å². The first-order chi connectivity index (χ1) is 21.8. The molecule has 5 aliphatic rings. The van der Waals surface area contributed by atoms with Gasteiger partial charge in [0.05, 0.1) is 30.8 Å². The van der Waals surface area contributed by atoms with E-state index < -0.39 is 83.8 Å². The fourth-order valence-corrected chi connectivity index (χ4v) is 10.9. The third-order valence-electron chi connectivity index (χ3n) is 14.4. The first-order valence-electron chi connectivity index (χ1n) is 17.7. The summed E-state index contributed by atoms with van der Waals surface area (Å²) in [4.78, 5) is 12.9. The third kappa shape index (κ3) is 5.57. The molecule has 7 N–H and O–H groups in total. The van der Waals surface area contributed by atoms with Crippen LogP contribution in [0.1, 0.15) is 99.8 Å². The lowest BCUT2D eigenvalue weighted by Crippen LogP contribution is -2.62. The Bertz CT molecular complexity index is 1240. The van der Waals surface area contributed by atoms with Crippen molar-refractivity contribution in [3.8, 4) is 0 Å². The molecule has 0 aromatic rings. The molecular weight excluding hydrogens is 604 g/mol. The van der Waals surface area contributed by atoms with Gasteiger partial charge < -0.3 is 45.2 Å². The number of allylic oxidation sites excluding steroid dienone is 2. The van der Waals surface area contributed by atoms with E-state index in [1.165, 1.54) is 5.57 Å². The maximum absolute atomic E-state index is 12.9. The van der Waals surface area contributed by atoms with Crippen LogP contribution in [-0.4, -0.2) is 97.3 Å². The monoisotopic (exact) mass is 664 g/mol. The van der Waals surface area contributed by atoms with E-state index >= 15 is 0 Å². The predicted molar refractivity (Wildman–Crippen MR) is 175 cm³/mol. The number of carboxylic acid groups (broad SMARTS) is 1. The normalized spacial score (nSPS) is 46.9. The van der Waals surface area contributed by atoms with E-state index in [9.17, 15) is 40.5 Å². The smallest absolute Gasteiger partial charge is 0.306 e. The highest BCUT2D eigenvalue weighted by Crippen LogP contribution is 2.73. The first kappa shape index (κ1) is 36.9. The summed E-state index contributed by atoms with van der Waals surface area (Å²) in [5, 5.41) is 75.9. The molecule has 0 unspecified atom stereocenters. The second-order valence-electron chi connectivity index (χ2n) is 17.1. The van der Waals surface area contributed by atoms with Gasteiger partial charge in [-0.05, 0) is 90.9 Å². The predicted octanol–water partition coefficient (Wildman–Crippen LogP) is 3.56. The second-order valence-corrected chi connectivity index (χ2v) is 17.1. The van der Waals surface area contributed by atoms with Gasteiger partial charge in [-0.3, -0.25) is 4.79 Å². The van der Waals surface area contributed by atoms with Crippen molar-refractivity contribution >= 4 is 5.97 Å². The number of ether oxygens (including phenoxy) is 2. The van der Waals surface area contributed by atoms with Gasteiger partial charge in [-0.25, -0.2) is 0 Å². The molecule has 0 aromatic heterocycles. The molecule has 14 atom stereocenters. The average Bonchev–Trinajstić information content (AvgIpc) is 3.21. The number of hydrogen-bond donors (Lipinski definition) is 7. The van der Waals surface area contributed by atoms with Crippen molar-refractivity contribution in [3.63, 3.8) is 0 Å². The summed E-state index contributed by atoms with van der Waals surface area (Å²) < 4.78 is 12.5. The standard InChI is InChI=1S/C37H60O10/c1-18(2)19(3)9-10-20(32(44)45)22-15-27(40)37(8)28-21(11-14-36(22,37)7)35(6)13-12-26(39)34(4,5)25(35)16-23(28)46-33-31(43)30(42)29(41)24(17-38)47-33/h18,20,22-27,29-31,33,38-43H,3,9-17H2,1-2,4-8H3,(H,44,45)/t20-,22-,23-,24-,25+,26+,27+,29+,30+,31-,33-,35-,36-,37+/m1/s1. The molecule has 0 bridgehead atoms. The SMILES string of the molecule is C=C(CC[C@@H](C(=O)O)[C@H]1C[C@H](O)[C@@]2(C)C3=C(CC[C@]12C)[C@@]1(C)CC[C@H](O)C(C)(C)[C@@H]1C[C@H]3O[C@@H]1O[C@H](CO)[C@H](O)[C@H](O)[C@H]1O)C(C)C.